The molecule has 8 heteroatoms. The molecule has 1 aromatic heterocycles. The van der Waals surface area contributed by atoms with E-state index in [0.29, 0.717) is 20.9 Å². The Morgan fingerprint density at radius 3 is 2.48 bits per heavy atom. The molecule has 2 aromatic carbocycles. The second kappa shape index (κ2) is 7.54. The van der Waals surface area contributed by atoms with Gasteiger partial charge in [0.05, 0.1) is 5.56 Å². The molecule has 0 fully saturated rings. The van der Waals surface area contributed by atoms with E-state index in [1.54, 1.807) is 35.8 Å². The van der Waals surface area contributed by atoms with Crippen molar-refractivity contribution in [1.82, 2.24) is 4.98 Å². The summed E-state index contributed by atoms with van der Waals surface area (Å²) in [6.45, 7) is 0. The Morgan fingerprint density at radius 1 is 1.04 bits per heavy atom. The van der Waals surface area contributed by atoms with Gasteiger partial charge in [-0.2, -0.15) is 0 Å². The third-order valence-electron chi connectivity index (χ3n) is 3.23. The highest BCUT2D eigenvalue weighted by Crippen LogP contribution is 2.20. The van der Waals surface area contributed by atoms with Crippen LogP contribution in [-0.4, -0.2) is 16.8 Å². The minimum Gasteiger partial charge on any atom is -0.322 e. The molecule has 2 amide bonds. The van der Waals surface area contributed by atoms with Crippen molar-refractivity contribution in [2.45, 2.75) is 0 Å². The van der Waals surface area contributed by atoms with Crippen LogP contribution >= 0.6 is 27.3 Å². The number of rotatable bonds is 4. The molecule has 0 aliphatic carbocycles. The SMILES string of the molecule is O=C(Nc1nccs1)c1ccc(NC(=O)c2cc(F)ccc2Br)cc1. The van der Waals surface area contributed by atoms with E-state index in [1.807, 2.05) is 0 Å². The molecule has 25 heavy (non-hydrogen) atoms. The van der Waals surface area contributed by atoms with Crippen molar-refractivity contribution in [2.75, 3.05) is 10.6 Å². The van der Waals surface area contributed by atoms with Gasteiger partial charge in [-0.25, -0.2) is 9.37 Å². The largest absolute Gasteiger partial charge is 0.322 e. The molecule has 0 bridgehead atoms. The molecule has 126 valence electrons. The summed E-state index contributed by atoms with van der Waals surface area (Å²) in [5.74, 6) is -1.24. The molecule has 0 spiro atoms. The summed E-state index contributed by atoms with van der Waals surface area (Å²) in [6, 6.07) is 10.2. The molecule has 0 radical (unpaired) electrons. The number of amides is 2. The van der Waals surface area contributed by atoms with E-state index in [-0.39, 0.29) is 11.5 Å². The van der Waals surface area contributed by atoms with Gasteiger partial charge in [0, 0.05) is 27.3 Å². The number of benzene rings is 2. The summed E-state index contributed by atoms with van der Waals surface area (Å²) in [5, 5.41) is 7.61. The zero-order chi connectivity index (χ0) is 17.8. The lowest BCUT2D eigenvalue weighted by Crippen LogP contribution is -2.14. The number of hydrogen-bond acceptors (Lipinski definition) is 4. The highest BCUT2D eigenvalue weighted by Gasteiger charge is 2.12. The first-order valence-corrected chi connectivity index (χ1v) is 8.77. The first-order valence-electron chi connectivity index (χ1n) is 7.10. The number of aromatic nitrogens is 1. The molecule has 0 aliphatic rings. The number of thiazole rings is 1. The maximum absolute atomic E-state index is 13.3. The van der Waals surface area contributed by atoms with Gasteiger partial charge in [0.1, 0.15) is 5.82 Å². The third kappa shape index (κ3) is 4.28. The van der Waals surface area contributed by atoms with Crippen LogP contribution in [0.5, 0.6) is 0 Å². The minimum absolute atomic E-state index is 0.186. The fraction of sp³-hybridized carbons (Fsp3) is 0. The van der Waals surface area contributed by atoms with Gasteiger partial charge in [-0.1, -0.05) is 0 Å². The number of nitrogens with zero attached hydrogens (tertiary/aromatic N) is 1. The van der Waals surface area contributed by atoms with Crippen LogP contribution in [0.4, 0.5) is 15.2 Å². The van der Waals surface area contributed by atoms with Crippen LogP contribution in [0, 0.1) is 5.82 Å². The number of halogens is 2. The fourth-order valence-electron chi connectivity index (χ4n) is 2.03. The zero-order valence-corrected chi connectivity index (χ0v) is 15.0. The Balaban J connectivity index is 1.69. The highest BCUT2D eigenvalue weighted by atomic mass is 79.9. The van der Waals surface area contributed by atoms with Gasteiger partial charge in [0.2, 0.25) is 0 Å². The van der Waals surface area contributed by atoms with Crippen molar-refractivity contribution in [2.24, 2.45) is 0 Å². The van der Waals surface area contributed by atoms with Crippen LogP contribution in [0.15, 0.2) is 58.5 Å². The zero-order valence-electron chi connectivity index (χ0n) is 12.6. The summed E-state index contributed by atoms with van der Waals surface area (Å²) in [7, 11) is 0. The Labute approximate surface area is 155 Å². The van der Waals surface area contributed by atoms with Crippen molar-refractivity contribution in [3.05, 3.63) is 75.5 Å². The Hall–Kier alpha value is -2.58. The van der Waals surface area contributed by atoms with E-state index in [1.165, 1.54) is 23.5 Å². The van der Waals surface area contributed by atoms with Crippen molar-refractivity contribution < 1.29 is 14.0 Å². The van der Waals surface area contributed by atoms with Crippen LogP contribution < -0.4 is 10.6 Å². The quantitative estimate of drug-likeness (QED) is 0.651. The van der Waals surface area contributed by atoms with Crippen LogP contribution in [0.3, 0.4) is 0 Å². The average Bonchev–Trinajstić information content (AvgIpc) is 3.10. The smallest absolute Gasteiger partial charge is 0.257 e. The topological polar surface area (TPSA) is 71.1 Å². The average molecular weight is 420 g/mol. The Bertz CT molecular complexity index is 914. The van der Waals surface area contributed by atoms with Gasteiger partial charge in [-0.15, -0.1) is 11.3 Å². The lowest BCUT2D eigenvalue weighted by molar-refractivity contribution is 0.101. The Kier molecular flexibility index (Phi) is 5.20. The number of anilines is 2. The first kappa shape index (κ1) is 17.2. The molecule has 0 saturated carbocycles. The lowest BCUT2D eigenvalue weighted by Gasteiger charge is -2.08. The predicted molar refractivity (Wildman–Crippen MR) is 98.6 cm³/mol. The molecule has 1 heterocycles. The van der Waals surface area contributed by atoms with Gasteiger partial charge in [0.15, 0.2) is 5.13 Å². The number of nitrogens with one attached hydrogen (secondary N) is 2. The van der Waals surface area contributed by atoms with Crippen LogP contribution in [0.2, 0.25) is 0 Å². The van der Waals surface area contributed by atoms with E-state index in [9.17, 15) is 14.0 Å². The Morgan fingerprint density at radius 2 is 1.80 bits per heavy atom. The van der Waals surface area contributed by atoms with Gasteiger partial charge in [0.25, 0.3) is 11.8 Å². The predicted octanol–water partition coefficient (Wildman–Crippen LogP) is 4.55. The molecular weight excluding hydrogens is 409 g/mol. The second-order valence-corrected chi connectivity index (χ2v) is 6.70. The van der Waals surface area contributed by atoms with Crippen LogP contribution in [0.1, 0.15) is 20.7 Å². The van der Waals surface area contributed by atoms with Gasteiger partial charge < -0.3 is 5.32 Å². The second-order valence-electron chi connectivity index (χ2n) is 4.95. The number of carbonyl (C=O) groups excluding carboxylic acids is 2. The fourth-order valence-corrected chi connectivity index (χ4v) is 2.98. The van der Waals surface area contributed by atoms with E-state index < -0.39 is 11.7 Å². The third-order valence-corrected chi connectivity index (χ3v) is 4.61. The molecule has 2 N–H and O–H groups in total. The summed E-state index contributed by atoms with van der Waals surface area (Å²) in [5.41, 5.74) is 1.11. The normalized spacial score (nSPS) is 10.3. The lowest BCUT2D eigenvalue weighted by atomic mass is 10.1. The van der Waals surface area contributed by atoms with Crippen molar-refractivity contribution in [3.63, 3.8) is 0 Å². The molecule has 0 atom stereocenters. The molecule has 3 aromatic rings. The first-order chi connectivity index (χ1) is 12.0. The summed E-state index contributed by atoms with van der Waals surface area (Å²) >= 11 is 4.54. The summed E-state index contributed by atoms with van der Waals surface area (Å²) in [4.78, 5) is 28.3. The maximum Gasteiger partial charge on any atom is 0.257 e. The van der Waals surface area contributed by atoms with Crippen LogP contribution in [0.25, 0.3) is 0 Å². The maximum atomic E-state index is 13.3. The standard InChI is InChI=1S/C17H11BrFN3O2S/c18-14-6-3-11(19)9-13(14)16(24)21-12-4-1-10(2-5-12)15(23)22-17-20-7-8-25-17/h1-9H,(H,21,24)(H,20,22,23). The molecule has 0 unspecified atom stereocenters. The molecule has 3 rings (SSSR count). The summed E-state index contributed by atoms with van der Waals surface area (Å²) < 4.78 is 13.8. The van der Waals surface area contributed by atoms with Crippen molar-refractivity contribution >= 4 is 49.9 Å². The number of carbonyl (C=O) groups is 2. The molecular formula is C17H11BrFN3O2S. The van der Waals surface area contributed by atoms with Gasteiger partial charge in [-0.3, -0.25) is 14.9 Å². The van der Waals surface area contributed by atoms with Crippen molar-refractivity contribution in [3.8, 4) is 0 Å². The van der Waals surface area contributed by atoms with E-state index in [4.69, 9.17) is 0 Å². The molecule has 5 nitrogen and oxygen atoms in total. The summed E-state index contributed by atoms with van der Waals surface area (Å²) in [6.07, 6.45) is 1.60. The molecule has 0 saturated heterocycles. The van der Waals surface area contributed by atoms with Gasteiger partial charge >= 0.3 is 0 Å². The van der Waals surface area contributed by atoms with E-state index in [0.717, 1.165) is 6.07 Å². The number of hydrogen-bond donors (Lipinski definition) is 2. The van der Waals surface area contributed by atoms with Crippen LogP contribution in [-0.2, 0) is 0 Å². The monoisotopic (exact) mass is 419 g/mol. The van der Waals surface area contributed by atoms with E-state index >= 15 is 0 Å². The molecule has 0 aliphatic heterocycles. The van der Waals surface area contributed by atoms with Crippen molar-refractivity contribution in [1.29, 1.82) is 0 Å². The van der Waals surface area contributed by atoms with E-state index in [2.05, 4.69) is 31.5 Å². The van der Waals surface area contributed by atoms with Gasteiger partial charge in [-0.05, 0) is 58.4 Å². The minimum atomic E-state index is -0.498. The highest BCUT2D eigenvalue weighted by molar-refractivity contribution is 9.10.